The molecule has 28 heavy (non-hydrogen) atoms. The Labute approximate surface area is 178 Å². The third-order valence-electron chi connectivity index (χ3n) is 5.29. The van der Waals surface area contributed by atoms with Gasteiger partial charge in [-0.25, -0.2) is 4.98 Å². The zero-order valence-electron chi connectivity index (χ0n) is 15.9. The second-order valence-electron chi connectivity index (χ2n) is 6.91. The number of hydrogen-bond donors (Lipinski definition) is 1. The second-order valence-corrected chi connectivity index (χ2v) is 8.74. The average molecular weight is 440 g/mol. The highest BCUT2D eigenvalue weighted by Crippen LogP contribution is 2.41. The first-order valence-electron chi connectivity index (χ1n) is 9.50. The molecule has 6 nitrogen and oxygen atoms in total. The first-order chi connectivity index (χ1) is 13.5. The minimum absolute atomic E-state index is 0.118. The molecule has 150 valence electrons. The summed E-state index contributed by atoms with van der Waals surface area (Å²) in [4.78, 5) is 10.9. The number of aromatic hydroxyl groups is 1. The molecule has 0 bridgehead atoms. The SMILES string of the molecule is CCc1nc2sc(C(c3ccc(Cl)c(Cl)c3)N3CCN(CC)CC3)c(O)n2n1. The molecule has 1 aliphatic rings. The van der Waals surface area contributed by atoms with E-state index in [1.807, 2.05) is 25.1 Å². The molecule has 1 aromatic carbocycles. The van der Waals surface area contributed by atoms with Crippen LogP contribution in [-0.2, 0) is 6.42 Å². The number of benzene rings is 1. The summed E-state index contributed by atoms with van der Waals surface area (Å²) in [6.07, 6.45) is 0.734. The van der Waals surface area contributed by atoms with Crippen molar-refractivity contribution in [3.05, 3.63) is 44.5 Å². The van der Waals surface area contributed by atoms with E-state index in [-0.39, 0.29) is 11.9 Å². The van der Waals surface area contributed by atoms with E-state index in [0.717, 1.165) is 55.4 Å². The molecule has 4 rings (SSSR count). The molecule has 2 aromatic heterocycles. The van der Waals surface area contributed by atoms with Crippen LogP contribution in [0.1, 0.15) is 36.2 Å². The third-order valence-corrected chi connectivity index (χ3v) is 7.10. The highest BCUT2D eigenvalue weighted by molar-refractivity contribution is 7.17. The lowest BCUT2D eigenvalue weighted by atomic mass is 10.0. The molecular formula is C19H23Cl2N5OS. The van der Waals surface area contributed by atoms with Crippen LogP contribution < -0.4 is 0 Å². The number of rotatable bonds is 5. The van der Waals surface area contributed by atoms with E-state index in [2.05, 4.69) is 26.8 Å². The van der Waals surface area contributed by atoms with E-state index in [0.29, 0.717) is 15.0 Å². The van der Waals surface area contributed by atoms with E-state index in [4.69, 9.17) is 23.2 Å². The van der Waals surface area contributed by atoms with Gasteiger partial charge in [0, 0.05) is 32.6 Å². The van der Waals surface area contributed by atoms with Crippen molar-refractivity contribution in [1.29, 1.82) is 0 Å². The fourth-order valence-electron chi connectivity index (χ4n) is 3.67. The molecule has 1 unspecified atom stereocenters. The van der Waals surface area contributed by atoms with Gasteiger partial charge >= 0.3 is 0 Å². The maximum Gasteiger partial charge on any atom is 0.230 e. The lowest BCUT2D eigenvalue weighted by Gasteiger charge is -2.38. The van der Waals surface area contributed by atoms with Crippen molar-refractivity contribution in [1.82, 2.24) is 24.4 Å². The van der Waals surface area contributed by atoms with E-state index in [1.54, 1.807) is 4.52 Å². The zero-order valence-corrected chi connectivity index (χ0v) is 18.2. The van der Waals surface area contributed by atoms with Gasteiger partial charge in [-0.3, -0.25) is 4.90 Å². The van der Waals surface area contributed by atoms with Gasteiger partial charge in [-0.15, -0.1) is 5.10 Å². The van der Waals surface area contributed by atoms with Gasteiger partial charge in [0.25, 0.3) is 0 Å². The van der Waals surface area contributed by atoms with Crippen LogP contribution in [0.25, 0.3) is 4.96 Å². The molecule has 0 aliphatic carbocycles. The number of hydrogen-bond acceptors (Lipinski definition) is 6. The Morgan fingerprint density at radius 3 is 2.50 bits per heavy atom. The highest BCUT2D eigenvalue weighted by Gasteiger charge is 2.31. The lowest BCUT2D eigenvalue weighted by Crippen LogP contribution is -2.47. The van der Waals surface area contributed by atoms with Crippen LogP contribution in [0.4, 0.5) is 0 Å². The largest absolute Gasteiger partial charge is 0.492 e. The smallest absolute Gasteiger partial charge is 0.230 e. The summed E-state index contributed by atoms with van der Waals surface area (Å²) in [5.41, 5.74) is 1.01. The number of aromatic nitrogens is 3. The van der Waals surface area contributed by atoms with Gasteiger partial charge < -0.3 is 10.0 Å². The van der Waals surface area contributed by atoms with Crippen LogP contribution in [-0.4, -0.2) is 62.2 Å². The number of aryl methyl sites for hydroxylation is 1. The van der Waals surface area contributed by atoms with E-state index in [1.165, 1.54) is 11.3 Å². The molecule has 0 spiro atoms. The van der Waals surface area contributed by atoms with Crippen molar-refractivity contribution in [3.8, 4) is 5.88 Å². The second kappa shape index (κ2) is 8.16. The highest BCUT2D eigenvalue weighted by atomic mass is 35.5. The van der Waals surface area contributed by atoms with Gasteiger partial charge in [0.05, 0.1) is 21.0 Å². The molecule has 1 fully saturated rings. The van der Waals surface area contributed by atoms with Crippen LogP contribution in [0.5, 0.6) is 5.88 Å². The molecule has 0 radical (unpaired) electrons. The first-order valence-corrected chi connectivity index (χ1v) is 11.1. The number of thiazole rings is 1. The average Bonchev–Trinajstić information content (AvgIpc) is 3.25. The van der Waals surface area contributed by atoms with E-state index >= 15 is 0 Å². The van der Waals surface area contributed by atoms with E-state index in [9.17, 15) is 5.11 Å². The van der Waals surface area contributed by atoms with Crippen molar-refractivity contribution in [2.24, 2.45) is 0 Å². The van der Waals surface area contributed by atoms with Crippen LogP contribution in [0.2, 0.25) is 10.0 Å². The Kier molecular flexibility index (Phi) is 5.81. The van der Waals surface area contributed by atoms with Crippen molar-refractivity contribution >= 4 is 39.5 Å². The lowest BCUT2D eigenvalue weighted by molar-refractivity contribution is 0.113. The Morgan fingerprint density at radius 1 is 1.14 bits per heavy atom. The number of likely N-dealkylation sites (N-methyl/N-ethyl adjacent to an activating group) is 1. The Hall–Kier alpha value is -1.38. The Bertz CT molecular complexity index is 980. The molecule has 3 heterocycles. The number of nitrogens with zero attached hydrogens (tertiary/aromatic N) is 5. The fraction of sp³-hybridized carbons (Fsp3) is 0.474. The van der Waals surface area contributed by atoms with Gasteiger partial charge in [-0.1, -0.05) is 54.5 Å². The third kappa shape index (κ3) is 3.62. The van der Waals surface area contributed by atoms with Crippen molar-refractivity contribution in [3.63, 3.8) is 0 Å². The monoisotopic (exact) mass is 439 g/mol. The van der Waals surface area contributed by atoms with Crippen LogP contribution in [0, 0.1) is 0 Å². The predicted molar refractivity (Wildman–Crippen MR) is 114 cm³/mol. The molecule has 0 amide bonds. The van der Waals surface area contributed by atoms with Gasteiger partial charge in [0.2, 0.25) is 10.8 Å². The maximum atomic E-state index is 11.0. The minimum Gasteiger partial charge on any atom is -0.492 e. The van der Waals surface area contributed by atoms with Gasteiger partial charge in [-0.05, 0) is 24.2 Å². The molecule has 1 N–H and O–H groups in total. The van der Waals surface area contributed by atoms with Gasteiger partial charge in [-0.2, -0.15) is 4.52 Å². The van der Waals surface area contributed by atoms with Crippen molar-refractivity contribution < 1.29 is 5.11 Å². The van der Waals surface area contributed by atoms with E-state index < -0.39 is 0 Å². The van der Waals surface area contributed by atoms with Gasteiger partial charge in [0.1, 0.15) is 0 Å². The zero-order chi connectivity index (χ0) is 19.8. The molecule has 1 aliphatic heterocycles. The molecule has 3 aromatic rings. The van der Waals surface area contributed by atoms with Crippen LogP contribution in [0.3, 0.4) is 0 Å². The number of fused-ring (bicyclic) bond motifs is 1. The summed E-state index contributed by atoms with van der Waals surface area (Å²) in [5, 5.41) is 16.4. The summed E-state index contributed by atoms with van der Waals surface area (Å²) in [5.74, 6) is 0.886. The number of piperazine rings is 1. The fourth-order valence-corrected chi connectivity index (χ4v) is 5.11. The summed E-state index contributed by atoms with van der Waals surface area (Å²) in [6.45, 7) is 9.04. The standard InChI is InChI=1S/C19H23Cl2N5OS/c1-3-15-22-19-26(23-15)18(27)17(28-19)16(12-5-6-13(20)14(21)11-12)25-9-7-24(4-2)8-10-25/h5-6,11,16,27H,3-4,7-10H2,1-2H3. The van der Waals surface area contributed by atoms with Gasteiger partial charge in [0.15, 0.2) is 5.82 Å². The first kappa shape index (κ1) is 19.9. The Morgan fingerprint density at radius 2 is 1.89 bits per heavy atom. The quantitative estimate of drug-likeness (QED) is 0.648. The summed E-state index contributed by atoms with van der Waals surface area (Å²) in [7, 11) is 0. The topological polar surface area (TPSA) is 56.9 Å². The maximum absolute atomic E-state index is 11.0. The molecule has 1 atom stereocenters. The van der Waals surface area contributed by atoms with Crippen molar-refractivity contribution in [2.75, 3.05) is 32.7 Å². The predicted octanol–water partition coefficient (Wildman–Crippen LogP) is 4.09. The van der Waals surface area contributed by atoms with Crippen molar-refractivity contribution in [2.45, 2.75) is 26.3 Å². The number of halogens is 2. The normalized spacial score (nSPS) is 17.4. The van der Waals surface area contributed by atoms with Crippen LogP contribution in [0.15, 0.2) is 18.2 Å². The minimum atomic E-state index is -0.118. The summed E-state index contributed by atoms with van der Waals surface area (Å²) < 4.78 is 1.55. The Balaban J connectivity index is 1.77. The summed E-state index contributed by atoms with van der Waals surface area (Å²) >= 11 is 13.9. The molecule has 9 heteroatoms. The molecular weight excluding hydrogens is 417 g/mol. The molecule has 0 saturated carbocycles. The van der Waals surface area contributed by atoms with Crippen LogP contribution >= 0.6 is 34.5 Å². The molecule has 1 saturated heterocycles. The summed E-state index contributed by atoms with van der Waals surface area (Å²) in [6, 6.07) is 5.58.